The first-order valence-corrected chi connectivity index (χ1v) is 6.15. The highest BCUT2D eigenvalue weighted by Crippen LogP contribution is 2.18. The van der Waals surface area contributed by atoms with E-state index in [1.807, 2.05) is 6.07 Å². The van der Waals surface area contributed by atoms with Crippen LogP contribution in [0.2, 0.25) is 5.02 Å². The van der Waals surface area contributed by atoms with Crippen LogP contribution >= 0.6 is 23.2 Å². The second-order valence-electron chi connectivity index (χ2n) is 3.39. The van der Waals surface area contributed by atoms with Gasteiger partial charge in [0.05, 0.1) is 10.7 Å². The standard InChI is InChI=1S/C11H16Cl2N2/c12-6-3-1-2-4-7-15-11-5-8-14-9-10(11)13/h5,8-9H,1-4,6-7H2,(H,14,15). The van der Waals surface area contributed by atoms with Crippen molar-refractivity contribution in [3.05, 3.63) is 23.5 Å². The molecule has 0 fully saturated rings. The van der Waals surface area contributed by atoms with Crippen LogP contribution in [0.25, 0.3) is 0 Å². The summed E-state index contributed by atoms with van der Waals surface area (Å²) in [5.41, 5.74) is 0.962. The zero-order chi connectivity index (χ0) is 10.9. The summed E-state index contributed by atoms with van der Waals surface area (Å²) in [6, 6.07) is 1.89. The maximum atomic E-state index is 5.94. The molecule has 0 aromatic carbocycles. The van der Waals surface area contributed by atoms with Gasteiger partial charge >= 0.3 is 0 Å². The number of unbranched alkanes of at least 4 members (excludes halogenated alkanes) is 3. The molecule has 1 heterocycles. The third-order valence-corrected chi connectivity index (χ3v) is 2.72. The molecule has 0 amide bonds. The summed E-state index contributed by atoms with van der Waals surface area (Å²) in [6.45, 7) is 0.950. The van der Waals surface area contributed by atoms with Gasteiger partial charge in [0.25, 0.3) is 0 Å². The lowest BCUT2D eigenvalue weighted by atomic mass is 10.2. The Morgan fingerprint density at radius 3 is 2.73 bits per heavy atom. The van der Waals surface area contributed by atoms with Crippen LogP contribution in [-0.4, -0.2) is 17.4 Å². The number of hydrogen-bond donors (Lipinski definition) is 1. The average molecular weight is 247 g/mol. The summed E-state index contributed by atoms with van der Waals surface area (Å²) in [6.07, 6.45) is 8.06. The van der Waals surface area contributed by atoms with Gasteiger partial charge in [-0.25, -0.2) is 0 Å². The van der Waals surface area contributed by atoms with Crippen molar-refractivity contribution < 1.29 is 0 Å². The Balaban J connectivity index is 2.12. The van der Waals surface area contributed by atoms with Crippen LogP contribution < -0.4 is 5.32 Å². The summed E-state index contributed by atoms with van der Waals surface area (Å²) >= 11 is 11.5. The van der Waals surface area contributed by atoms with E-state index in [1.54, 1.807) is 12.4 Å². The zero-order valence-electron chi connectivity index (χ0n) is 8.68. The molecule has 0 atom stereocenters. The van der Waals surface area contributed by atoms with Gasteiger partial charge in [0.1, 0.15) is 0 Å². The highest BCUT2D eigenvalue weighted by molar-refractivity contribution is 6.33. The molecule has 1 aromatic rings. The van der Waals surface area contributed by atoms with Crippen molar-refractivity contribution in [2.75, 3.05) is 17.7 Å². The molecule has 0 radical (unpaired) electrons. The van der Waals surface area contributed by atoms with Crippen molar-refractivity contribution >= 4 is 28.9 Å². The van der Waals surface area contributed by atoms with Gasteiger partial charge < -0.3 is 5.32 Å². The molecule has 84 valence electrons. The number of pyridine rings is 1. The minimum absolute atomic E-state index is 0.679. The van der Waals surface area contributed by atoms with E-state index in [1.165, 1.54) is 12.8 Å². The number of rotatable bonds is 7. The number of aromatic nitrogens is 1. The van der Waals surface area contributed by atoms with Gasteiger partial charge in [0.2, 0.25) is 0 Å². The fraction of sp³-hybridized carbons (Fsp3) is 0.545. The largest absolute Gasteiger partial charge is 0.384 e. The van der Waals surface area contributed by atoms with Gasteiger partial charge in [-0.15, -0.1) is 11.6 Å². The number of nitrogens with one attached hydrogen (secondary N) is 1. The molecule has 4 heteroatoms. The molecule has 0 unspecified atom stereocenters. The Kier molecular flexibility index (Phi) is 6.53. The lowest BCUT2D eigenvalue weighted by Crippen LogP contribution is -2.02. The molecular formula is C11H16Cl2N2. The van der Waals surface area contributed by atoms with Crippen molar-refractivity contribution in [2.45, 2.75) is 25.7 Å². The molecule has 1 rings (SSSR count). The monoisotopic (exact) mass is 246 g/mol. The van der Waals surface area contributed by atoms with Gasteiger partial charge in [-0.2, -0.15) is 0 Å². The number of anilines is 1. The summed E-state index contributed by atoms with van der Waals surface area (Å²) < 4.78 is 0. The Bertz CT molecular complexity index is 279. The second kappa shape index (κ2) is 7.77. The smallest absolute Gasteiger partial charge is 0.0820 e. The minimum Gasteiger partial charge on any atom is -0.384 e. The Morgan fingerprint density at radius 1 is 1.20 bits per heavy atom. The van der Waals surface area contributed by atoms with Gasteiger partial charge in [-0.05, 0) is 18.9 Å². The van der Waals surface area contributed by atoms with Crippen LogP contribution in [0.3, 0.4) is 0 Å². The minimum atomic E-state index is 0.679. The predicted octanol–water partition coefficient (Wildman–Crippen LogP) is 3.95. The fourth-order valence-corrected chi connectivity index (χ4v) is 1.69. The first-order valence-electron chi connectivity index (χ1n) is 5.24. The number of alkyl halides is 1. The third-order valence-electron chi connectivity index (χ3n) is 2.15. The molecule has 15 heavy (non-hydrogen) atoms. The molecule has 2 nitrogen and oxygen atoms in total. The van der Waals surface area contributed by atoms with E-state index in [0.29, 0.717) is 5.02 Å². The molecule has 0 saturated heterocycles. The van der Waals surface area contributed by atoms with E-state index in [0.717, 1.165) is 31.0 Å². The van der Waals surface area contributed by atoms with Crippen molar-refractivity contribution in [3.8, 4) is 0 Å². The number of nitrogens with zero attached hydrogens (tertiary/aromatic N) is 1. The van der Waals surface area contributed by atoms with Gasteiger partial charge in [-0.1, -0.05) is 24.4 Å². The normalized spacial score (nSPS) is 10.3. The lowest BCUT2D eigenvalue weighted by molar-refractivity contribution is 0.687. The molecule has 0 spiro atoms. The van der Waals surface area contributed by atoms with Crippen LogP contribution in [0.15, 0.2) is 18.5 Å². The maximum absolute atomic E-state index is 5.94. The maximum Gasteiger partial charge on any atom is 0.0820 e. The van der Waals surface area contributed by atoms with Gasteiger partial charge in [-0.3, -0.25) is 4.98 Å². The molecule has 0 aliphatic heterocycles. The molecule has 1 N–H and O–H groups in total. The van der Waals surface area contributed by atoms with Crippen molar-refractivity contribution in [2.24, 2.45) is 0 Å². The second-order valence-corrected chi connectivity index (χ2v) is 4.17. The average Bonchev–Trinajstić information content (AvgIpc) is 2.25. The van der Waals surface area contributed by atoms with E-state index in [-0.39, 0.29) is 0 Å². The highest BCUT2D eigenvalue weighted by Gasteiger charge is 1.97. The molecule has 1 aromatic heterocycles. The zero-order valence-corrected chi connectivity index (χ0v) is 10.2. The molecule has 0 saturated carbocycles. The van der Waals surface area contributed by atoms with Crippen LogP contribution in [0.5, 0.6) is 0 Å². The number of hydrogen-bond acceptors (Lipinski definition) is 2. The Hall–Kier alpha value is -0.470. The van der Waals surface area contributed by atoms with Crippen molar-refractivity contribution in [1.82, 2.24) is 4.98 Å². The summed E-state index contributed by atoms with van der Waals surface area (Å²) in [7, 11) is 0. The van der Waals surface area contributed by atoms with E-state index in [2.05, 4.69) is 10.3 Å². The van der Waals surface area contributed by atoms with E-state index >= 15 is 0 Å². The topological polar surface area (TPSA) is 24.9 Å². The van der Waals surface area contributed by atoms with Gasteiger partial charge in [0, 0.05) is 24.8 Å². The Morgan fingerprint density at radius 2 is 2.00 bits per heavy atom. The third kappa shape index (κ3) is 5.24. The molecular weight excluding hydrogens is 231 g/mol. The van der Waals surface area contributed by atoms with Crippen LogP contribution in [0.4, 0.5) is 5.69 Å². The van der Waals surface area contributed by atoms with Crippen LogP contribution in [0, 0.1) is 0 Å². The molecule has 0 aliphatic carbocycles. The summed E-state index contributed by atoms with van der Waals surface area (Å²) in [4.78, 5) is 3.93. The molecule has 0 aliphatic rings. The first kappa shape index (κ1) is 12.6. The number of halogens is 2. The SMILES string of the molecule is ClCCCCCCNc1ccncc1Cl. The predicted molar refractivity (Wildman–Crippen MR) is 66.9 cm³/mol. The van der Waals surface area contributed by atoms with Gasteiger partial charge in [0.15, 0.2) is 0 Å². The highest BCUT2D eigenvalue weighted by atomic mass is 35.5. The quantitative estimate of drug-likeness (QED) is 0.583. The van der Waals surface area contributed by atoms with Crippen molar-refractivity contribution in [3.63, 3.8) is 0 Å². The van der Waals surface area contributed by atoms with Crippen LogP contribution in [-0.2, 0) is 0 Å². The van der Waals surface area contributed by atoms with E-state index in [9.17, 15) is 0 Å². The van der Waals surface area contributed by atoms with E-state index in [4.69, 9.17) is 23.2 Å². The Labute approximate surface area is 101 Å². The first-order chi connectivity index (χ1) is 7.34. The van der Waals surface area contributed by atoms with Crippen molar-refractivity contribution in [1.29, 1.82) is 0 Å². The summed E-state index contributed by atoms with van der Waals surface area (Å²) in [5.74, 6) is 0.767. The van der Waals surface area contributed by atoms with E-state index < -0.39 is 0 Å². The van der Waals surface area contributed by atoms with Crippen LogP contribution in [0.1, 0.15) is 25.7 Å². The summed E-state index contributed by atoms with van der Waals surface area (Å²) in [5, 5.41) is 3.96. The fourth-order valence-electron chi connectivity index (χ4n) is 1.31. The lowest BCUT2D eigenvalue weighted by Gasteiger charge is -2.07. The molecule has 0 bridgehead atoms.